The third-order valence-electron chi connectivity index (χ3n) is 2.98. The Labute approximate surface area is 96.0 Å². The molecule has 5 nitrogen and oxygen atoms in total. The molecular formula is C11H21NO4. The van der Waals surface area contributed by atoms with Gasteiger partial charge in [0, 0.05) is 13.2 Å². The molecule has 2 N–H and O–H groups in total. The number of carbonyl (C=O) groups is 1. The van der Waals surface area contributed by atoms with Gasteiger partial charge < -0.3 is 19.8 Å². The second kappa shape index (κ2) is 5.61. The third-order valence-corrected chi connectivity index (χ3v) is 2.98. The van der Waals surface area contributed by atoms with Crippen molar-refractivity contribution in [3.8, 4) is 0 Å². The molecule has 94 valence electrons. The van der Waals surface area contributed by atoms with Crippen LogP contribution in [-0.4, -0.2) is 61.0 Å². The van der Waals surface area contributed by atoms with Crippen molar-refractivity contribution in [3.63, 3.8) is 0 Å². The lowest BCUT2D eigenvalue weighted by atomic mass is 9.77. The van der Waals surface area contributed by atoms with Gasteiger partial charge in [-0.15, -0.1) is 0 Å². The second-order valence-corrected chi connectivity index (χ2v) is 4.86. The van der Waals surface area contributed by atoms with Crippen molar-refractivity contribution in [2.75, 3.05) is 33.9 Å². The van der Waals surface area contributed by atoms with Crippen molar-refractivity contribution in [2.24, 2.45) is 5.41 Å². The molecule has 1 saturated heterocycles. The van der Waals surface area contributed by atoms with Crippen LogP contribution in [0.25, 0.3) is 0 Å². The van der Waals surface area contributed by atoms with Crippen molar-refractivity contribution in [1.82, 2.24) is 4.90 Å². The number of carboxylic acids is 1. The van der Waals surface area contributed by atoms with Crippen LogP contribution >= 0.6 is 0 Å². The van der Waals surface area contributed by atoms with Crippen molar-refractivity contribution < 1.29 is 19.7 Å². The van der Waals surface area contributed by atoms with Crippen LogP contribution in [0.1, 0.15) is 19.3 Å². The van der Waals surface area contributed by atoms with Crippen LogP contribution in [0.4, 0.5) is 0 Å². The second-order valence-electron chi connectivity index (χ2n) is 4.86. The molecule has 0 spiro atoms. The summed E-state index contributed by atoms with van der Waals surface area (Å²) in [4.78, 5) is 13.1. The van der Waals surface area contributed by atoms with E-state index < -0.39 is 17.5 Å². The Morgan fingerprint density at radius 3 is 2.69 bits per heavy atom. The van der Waals surface area contributed by atoms with E-state index in [1.54, 1.807) is 0 Å². The molecule has 0 aromatic rings. The lowest BCUT2D eigenvalue weighted by molar-refractivity contribution is -0.160. The number of rotatable bonds is 5. The minimum Gasteiger partial charge on any atom is -0.481 e. The van der Waals surface area contributed by atoms with E-state index in [4.69, 9.17) is 4.74 Å². The molecule has 2 atom stereocenters. The smallest absolute Gasteiger partial charge is 0.312 e. The quantitative estimate of drug-likeness (QED) is 0.706. The molecule has 5 heteroatoms. The highest BCUT2D eigenvalue weighted by Crippen LogP contribution is 2.34. The first-order chi connectivity index (χ1) is 7.46. The van der Waals surface area contributed by atoms with Crippen molar-refractivity contribution in [1.29, 1.82) is 0 Å². The highest BCUT2D eigenvalue weighted by Gasteiger charge is 2.42. The molecule has 1 fully saturated rings. The van der Waals surface area contributed by atoms with E-state index in [1.807, 2.05) is 19.0 Å². The summed E-state index contributed by atoms with van der Waals surface area (Å²) in [6.07, 6.45) is 0.988. The summed E-state index contributed by atoms with van der Waals surface area (Å²) >= 11 is 0. The lowest BCUT2D eigenvalue weighted by Gasteiger charge is -2.35. The fourth-order valence-electron chi connectivity index (χ4n) is 2.21. The van der Waals surface area contributed by atoms with Crippen LogP contribution in [0, 0.1) is 5.41 Å². The van der Waals surface area contributed by atoms with E-state index in [2.05, 4.69) is 0 Å². The van der Waals surface area contributed by atoms with Crippen molar-refractivity contribution >= 4 is 5.97 Å². The van der Waals surface area contributed by atoms with Crippen molar-refractivity contribution in [2.45, 2.75) is 25.4 Å². The predicted molar refractivity (Wildman–Crippen MR) is 59.3 cm³/mol. The Bertz CT molecular complexity index is 236. The number of nitrogens with zero attached hydrogens (tertiary/aromatic N) is 1. The number of carboxylic acid groups (broad SMARTS) is 1. The average Bonchev–Trinajstić information content (AvgIpc) is 2.17. The van der Waals surface area contributed by atoms with Gasteiger partial charge in [0.05, 0.1) is 18.1 Å². The van der Waals surface area contributed by atoms with Crippen molar-refractivity contribution in [3.05, 3.63) is 0 Å². The molecule has 0 aromatic heterocycles. The largest absolute Gasteiger partial charge is 0.481 e. The SMILES string of the molecule is CN(C)C[C@H](O)C[C@@]1(C(=O)O)CCCOC1. The monoisotopic (exact) mass is 231 g/mol. The van der Waals surface area contributed by atoms with Crippen LogP contribution in [-0.2, 0) is 9.53 Å². The molecule has 1 aliphatic rings. The van der Waals surface area contributed by atoms with Crippen LogP contribution in [0.15, 0.2) is 0 Å². The highest BCUT2D eigenvalue weighted by atomic mass is 16.5. The Morgan fingerprint density at radius 2 is 2.25 bits per heavy atom. The number of aliphatic hydroxyl groups is 1. The summed E-state index contributed by atoms with van der Waals surface area (Å²) in [6, 6.07) is 0. The number of aliphatic hydroxyl groups excluding tert-OH is 1. The van der Waals surface area contributed by atoms with Gasteiger partial charge in [0.25, 0.3) is 0 Å². The van der Waals surface area contributed by atoms with Crippen LogP contribution < -0.4 is 0 Å². The van der Waals surface area contributed by atoms with E-state index in [0.717, 1.165) is 6.42 Å². The van der Waals surface area contributed by atoms with Gasteiger partial charge in [0.2, 0.25) is 0 Å². The fourth-order valence-corrected chi connectivity index (χ4v) is 2.21. The van der Waals surface area contributed by atoms with Gasteiger partial charge in [0.1, 0.15) is 0 Å². The Morgan fingerprint density at radius 1 is 1.56 bits per heavy atom. The number of hydrogen-bond acceptors (Lipinski definition) is 4. The third kappa shape index (κ3) is 3.43. The molecule has 1 aliphatic heterocycles. The van der Waals surface area contributed by atoms with Crippen LogP contribution in [0.3, 0.4) is 0 Å². The maximum Gasteiger partial charge on any atom is 0.312 e. The first-order valence-corrected chi connectivity index (χ1v) is 5.60. The summed E-state index contributed by atoms with van der Waals surface area (Å²) < 4.78 is 5.25. The molecule has 0 aromatic carbocycles. The summed E-state index contributed by atoms with van der Waals surface area (Å²) in [5, 5.41) is 19.1. The first-order valence-electron chi connectivity index (χ1n) is 5.60. The highest BCUT2D eigenvalue weighted by molar-refractivity contribution is 5.75. The topological polar surface area (TPSA) is 70.0 Å². The molecule has 0 unspecified atom stereocenters. The van der Waals surface area contributed by atoms with Gasteiger partial charge in [-0.1, -0.05) is 0 Å². The zero-order chi connectivity index (χ0) is 12.2. The average molecular weight is 231 g/mol. The summed E-state index contributed by atoms with van der Waals surface area (Å²) in [7, 11) is 3.71. The molecule has 16 heavy (non-hydrogen) atoms. The van der Waals surface area contributed by atoms with E-state index in [1.165, 1.54) is 0 Å². The van der Waals surface area contributed by atoms with E-state index in [9.17, 15) is 15.0 Å². The summed E-state index contributed by atoms with van der Waals surface area (Å²) in [6.45, 7) is 1.32. The van der Waals surface area contributed by atoms with Gasteiger partial charge in [-0.05, 0) is 33.4 Å². The van der Waals surface area contributed by atoms with E-state index in [-0.39, 0.29) is 13.0 Å². The molecule has 1 heterocycles. The molecule has 0 aliphatic carbocycles. The zero-order valence-corrected chi connectivity index (χ0v) is 9.98. The summed E-state index contributed by atoms with van der Waals surface area (Å²) in [5.41, 5.74) is -0.895. The predicted octanol–water partition coefficient (Wildman–Crippen LogP) is 0.180. The van der Waals surface area contributed by atoms with E-state index in [0.29, 0.717) is 19.6 Å². The van der Waals surface area contributed by atoms with Crippen LogP contribution in [0.2, 0.25) is 0 Å². The number of hydrogen-bond donors (Lipinski definition) is 2. The lowest BCUT2D eigenvalue weighted by Crippen LogP contribution is -2.43. The maximum atomic E-state index is 11.3. The Balaban J connectivity index is 2.60. The summed E-state index contributed by atoms with van der Waals surface area (Å²) in [5.74, 6) is -0.856. The van der Waals surface area contributed by atoms with Crippen LogP contribution in [0.5, 0.6) is 0 Å². The number of aliphatic carboxylic acids is 1. The first kappa shape index (κ1) is 13.4. The zero-order valence-electron chi connectivity index (χ0n) is 9.98. The molecule has 1 rings (SSSR count). The molecular weight excluding hydrogens is 210 g/mol. The minimum atomic E-state index is -0.895. The standard InChI is InChI=1S/C11H21NO4/c1-12(2)7-9(13)6-11(10(14)15)4-3-5-16-8-11/h9,13H,3-8H2,1-2H3,(H,14,15)/t9-,11+/m1/s1. The Hall–Kier alpha value is -0.650. The molecule has 0 amide bonds. The van der Waals surface area contributed by atoms with E-state index >= 15 is 0 Å². The van der Waals surface area contributed by atoms with Gasteiger partial charge in [-0.3, -0.25) is 4.79 Å². The number of ether oxygens (including phenoxy) is 1. The molecule has 0 radical (unpaired) electrons. The maximum absolute atomic E-state index is 11.3. The molecule has 0 saturated carbocycles. The number of likely N-dealkylation sites (N-methyl/N-ethyl adjacent to an activating group) is 1. The molecule has 0 bridgehead atoms. The van der Waals surface area contributed by atoms with Gasteiger partial charge in [-0.2, -0.15) is 0 Å². The van der Waals surface area contributed by atoms with Gasteiger partial charge in [0.15, 0.2) is 0 Å². The fraction of sp³-hybridized carbons (Fsp3) is 0.909. The Kier molecular flexibility index (Phi) is 4.70. The van der Waals surface area contributed by atoms with Gasteiger partial charge in [-0.25, -0.2) is 0 Å². The minimum absolute atomic E-state index is 0.215. The normalized spacial score (nSPS) is 28.0. The van der Waals surface area contributed by atoms with Gasteiger partial charge >= 0.3 is 5.97 Å².